The molecule has 2 rings (SSSR count). The Morgan fingerprint density at radius 1 is 1.26 bits per heavy atom. The van der Waals surface area contributed by atoms with E-state index in [1.807, 2.05) is 18.2 Å². The fourth-order valence-electron chi connectivity index (χ4n) is 2.01. The van der Waals surface area contributed by atoms with E-state index in [1.165, 1.54) is 0 Å². The number of para-hydroxylation sites is 1. The van der Waals surface area contributed by atoms with Crippen LogP contribution in [-0.2, 0) is 9.47 Å². The molecule has 0 radical (unpaired) electrons. The van der Waals surface area contributed by atoms with Gasteiger partial charge in [0, 0.05) is 12.5 Å². The molecule has 0 saturated heterocycles. The van der Waals surface area contributed by atoms with Gasteiger partial charge in [-0.25, -0.2) is 0 Å². The molecule has 1 atom stereocenters. The Labute approximate surface area is 113 Å². The zero-order valence-electron chi connectivity index (χ0n) is 11.5. The molecule has 19 heavy (non-hydrogen) atoms. The second kappa shape index (κ2) is 7.28. The van der Waals surface area contributed by atoms with Crippen LogP contribution in [0.5, 0.6) is 0 Å². The van der Waals surface area contributed by atoms with Crippen LogP contribution in [-0.4, -0.2) is 33.5 Å². The number of ether oxygens (including phenoxy) is 2. The zero-order chi connectivity index (χ0) is 13.5. The molecule has 1 heterocycles. The minimum absolute atomic E-state index is 0.0780. The third-order valence-electron chi connectivity index (χ3n) is 2.95. The largest absolute Gasteiger partial charge is 0.459 e. The van der Waals surface area contributed by atoms with Gasteiger partial charge in [-0.15, -0.1) is 0 Å². The van der Waals surface area contributed by atoms with Crippen LogP contribution in [0.15, 0.2) is 34.7 Å². The molecular formula is C15H21NO3. The van der Waals surface area contributed by atoms with Crippen LogP contribution in [0.3, 0.4) is 0 Å². The number of benzene rings is 1. The van der Waals surface area contributed by atoms with Crippen molar-refractivity contribution in [3.63, 3.8) is 0 Å². The Balaban J connectivity index is 2.04. The Bertz CT molecular complexity index is 462. The van der Waals surface area contributed by atoms with Crippen molar-refractivity contribution in [1.29, 1.82) is 0 Å². The van der Waals surface area contributed by atoms with Crippen molar-refractivity contribution in [3.8, 4) is 0 Å². The van der Waals surface area contributed by atoms with Gasteiger partial charge in [-0.05, 0) is 18.7 Å². The zero-order valence-corrected chi connectivity index (χ0v) is 11.5. The minimum Gasteiger partial charge on any atom is -0.459 e. The van der Waals surface area contributed by atoms with Crippen LogP contribution >= 0.6 is 0 Å². The lowest BCUT2D eigenvalue weighted by Gasteiger charge is -2.15. The maximum atomic E-state index is 5.87. The molecule has 0 saturated carbocycles. The van der Waals surface area contributed by atoms with Gasteiger partial charge in [0.15, 0.2) is 0 Å². The summed E-state index contributed by atoms with van der Waals surface area (Å²) >= 11 is 0. The molecule has 1 aromatic carbocycles. The lowest BCUT2D eigenvalue weighted by atomic mass is 10.2. The summed E-state index contributed by atoms with van der Waals surface area (Å²) < 4.78 is 16.4. The molecule has 4 nitrogen and oxygen atoms in total. The highest BCUT2D eigenvalue weighted by Gasteiger charge is 2.15. The van der Waals surface area contributed by atoms with Gasteiger partial charge in [-0.1, -0.05) is 25.1 Å². The summed E-state index contributed by atoms with van der Waals surface area (Å²) in [7, 11) is 1.67. The van der Waals surface area contributed by atoms with E-state index in [2.05, 4.69) is 24.4 Å². The second-order valence-corrected chi connectivity index (χ2v) is 4.36. The highest BCUT2D eigenvalue weighted by atomic mass is 16.5. The van der Waals surface area contributed by atoms with Gasteiger partial charge < -0.3 is 19.2 Å². The highest BCUT2D eigenvalue weighted by Crippen LogP contribution is 2.23. The normalized spacial score (nSPS) is 12.9. The molecule has 0 bridgehead atoms. The van der Waals surface area contributed by atoms with Gasteiger partial charge in [0.25, 0.3) is 0 Å². The van der Waals surface area contributed by atoms with Gasteiger partial charge >= 0.3 is 0 Å². The molecule has 4 heteroatoms. The van der Waals surface area contributed by atoms with E-state index < -0.39 is 0 Å². The first-order chi connectivity index (χ1) is 9.35. The van der Waals surface area contributed by atoms with Crippen molar-refractivity contribution in [3.05, 3.63) is 36.1 Å². The van der Waals surface area contributed by atoms with Crippen LogP contribution < -0.4 is 5.32 Å². The smallest absolute Gasteiger partial charge is 0.134 e. The molecule has 0 fully saturated rings. The molecule has 1 aromatic heterocycles. The quantitative estimate of drug-likeness (QED) is 0.744. The number of hydrogen-bond acceptors (Lipinski definition) is 4. The third-order valence-corrected chi connectivity index (χ3v) is 2.95. The summed E-state index contributed by atoms with van der Waals surface area (Å²) in [6.07, 6.45) is 0. The first-order valence-electron chi connectivity index (χ1n) is 6.63. The first kappa shape index (κ1) is 14.1. The van der Waals surface area contributed by atoms with Crippen molar-refractivity contribution in [2.75, 3.05) is 33.5 Å². The third kappa shape index (κ3) is 3.80. The number of nitrogens with one attached hydrogen (secondary N) is 1. The number of rotatable bonds is 8. The summed E-state index contributed by atoms with van der Waals surface area (Å²) in [6, 6.07) is 10.2. The number of methoxy groups -OCH3 is 1. The maximum absolute atomic E-state index is 5.87. The van der Waals surface area contributed by atoms with E-state index in [-0.39, 0.29) is 6.04 Å². The summed E-state index contributed by atoms with van der Waals surface area (Å²) in [4.78, 5) is 0. The van der Waals surface area contributed by atoms with Gasteiger partial charge in [0.2, 0.25) is 0 Å². The number of fused-ring (bicyclic) bond motifs is 1. The summed E-state index contributed by atoms with van der Waals surface area (Å²) in [5.74, 6) is 0.917. The maximum Gasteiger partial charge on any atom is 0.134 e. The molecule has 0 spiro atoms. The van der Waals surface area contributed by atoms with E-state index in [1.54, 1.807) is 7.11 Å². The topological polar surface area (TPSA) is 43.6 Å². The molecule has 0 aliphatic heterocycles. The molecule has 1 N–H and O–H groups in total. The molecular weight excluding hydrogens is 242 g/mol. The van der Waals surface area contributed by atoms with Crippen LogP contribution in [0.2, 0.25) is 0 Å². The Morgan fingerprint density at radius 3 is 2.84 bits per heavy atom. The van der Waals surface area contributed by atoms with Crippen LogP contribution in [0.1, 0.15) is 18.7 Å². The Kier molecular flexibility index (Phi) is 5.39. The summed E-state index contributed by atoms with van der Waals surface area (Å²) in [6.45, 7) is 4.73. The summed E-state index contributed by atoms with van der Waals surface area (Å²) in [5.41, 5.74) is 0.914. The number of furan rings is 1. The van der Waals surface area contributed by atoms with Crippen molar-refractivity contribution in [1.82, 2.24) is 5.32 Å². The minimum atomic E-state index is 0.0780. The number of hydrogen-bond donors (Lipinski definition) is 1. The van der Waals surface area contributed by atoms with Crippen molar-refractivity contribution in [2.45, 2.75) is 13.0 Å². The van der Waals surface area contributed by atoms with Gasteiger partial charge in [0.1, 0.15) is 11.3 Å². The predicted molar refractivity (Wildman–Crippen MR) is 75.3 cm³/mol. The lowest BCUT2D eigenvalue weighted by molar-refractivity contribution is 0.0559. The molecule has 104 valence electrons. The molecule has 0 amide bonds. The van der Waals surface area contributed by atoms with E-state index in [4.69, 9.17) is 13.9 Å². The first-order valence-corrected chi connectivity index (χ1v) is 6.63. The SMILES string of the molecule is CCNC(COCCOC)c1cc2ccccc2o1. The molecule has 2 aromatic rings. The Morgan fingerprint density at radius 2 is 2.11 bits per heavy atom. The molecule has 0 aliphatic carbocycles. The average Bonchev–Trinajstić information content (AvgIpc) is 2.86. The average molecular weight is 263 g/mol. The van der Waals surface area contributed by atoms with Crippen molar-refractivity contribution < 1.29 is 13.9 Å². The number of likely N-dealkylation sites (N-methyl/N-ethyl adjacent to an activating group) is 1. The molecule has 0 aliphatic rings. The van der Waals surface area contributed by atoms with Crippen LogP contribution in [0, 0.1) is 0 Å². The fraction of sp³-hybridized carbons (Fsp3) is 0.467. The van der Waals surface area contributed by atoms with E-state index in [0.29, 0.717) is 19.8 Å². The van der Waals surface area contributed by atoms with Crippen LogP contribution in [0.4, 0.5) is 0 Å². The monoisotopic (exact) mass is 263 g/mol. The van der Waals surface area contributed by atoms with Crippen molar-refractivity contribution >= 4 is 11.0 Å². The highest BCUT2D eigenvalue weighted by molar-refractivity contribution is 5.77. The van der Waals surface area contributed by atoms with E-state index in [9.17, 15) is 0 Å². The van der Waals surface area contributed by atoms with E-state index >= 15 is 0 Å². The summed E-state index contributed by atoms with van der Waals surface area (Å²) in [5, 5.41) is 4.50. The standard InChI is InChI=1S/C15H21NO3/c1-3-16-13(11-18-9-8-17-2)15-10-12-6-4-5-7-14(12)19-15/h4-7,10,13,16H,3,8-9,11H2,1-2H3. The second-order valence-electron chi connectivity index (χ2n) is 4.36. The van der Waals surface area contributed by atoms with E-state index in [0.717, 1.165) is 23.3 Å². The van der Waals surface area contributed by atoms with Gasteiger partial charge in [-0.2, -0.15) is 0 Å². The van der Waals surface area contributed by atoms with Gasteiger partial charge in [0.05, 0.1) is 25.9 Å². The van der Waals surface area contributed by atoms with Gasteiger partial charge in [-0.3, -0.25) is 0 Å². The molecule has 1 unspecified atom stereocenters. The van der Waals surface area contributed by atoms with Crippen molar-refractivity contribution in [2.24, 2.45) is 0 Å². The predicted octanol–water partition coefficient (Wildman–Crippen LogP) is 2.75. The lowest BCUT2D eigenvalue weighted by Crippen LogP contribution is -2.25. The Hall–Kier alpha value is -1.36. The fourth-order valence-corrected chi connectivity index (χ4v) is 2.01. The van der Waals surface area contributed by atoms with Crippen LogP contribution in [0.25, 0.3) is 11.0 Å².